The van der Waals surface area contributed by atoms with E-state index in [9.17, 15) is 25.5 Å². The lowest BCUT2D eigenvalue weighted by atomic mass is 9.75. The molecule has 5 heteroatoms. The second-order valence-corrected chi connectivity index (χ2v) is 32.8. The molecule has 0 radical (unpaired) electrons. The molecule has 0 aliphatic heterocycles. The highest BCUT2D eigenvalue weighted by Crippen LogP contribution is 2.46. The Hall–Kier alpha value is -5.68. The van der Waals surface area contributed by atoms with Gasteiger partial charge in [-0.2, -0.15) is 0 Å². The Balaban J connectivity index is 0.000000409. The Kier molecular flexibility index (Phi) is 18.9. The molecule has 448 valence electrons. The van der Waals surface area contributed by atoms with E-state index >= 15 is 0 Å². The Bertz CT molecular complexity index is 2900. The summed E-state index contributed by atoms with van der Waals surface area (Å²) in [5, 5.41) is 56.5. The lowest BCUT2D eigenvalue weighted by Crippen LogP contribution is -2.19. The molecule has 0 spiro atoms. The zero-order valence-corrected chi connectivity index (χ0v) is 56.8. The summed E-state index contributed by atoms with van der Waals surface area (Å²) in [5.41, 5.74) is 21.7. The zero-order valence-electron chi connectivity index (χ0n) is 56.8. The molecule has 82 heavy (non-hydrogen) atoms. The summed E-state index contributed by atoms with van der Waals surface area (Å²) in [4.78, 5) is 0. The van der Waals surface area contributed by atoms with Gasteiger partial charge in [-0.25, -0.2) is 0 Å². The van der Waals surface area contributed by atoms with Gasteiger partial charge < -0.3 is 25.5 Å². The summed E-state index contributed by atoms with van der Waals surface area (Å²) in [5.74, 6) is 1.91. The van der Waals surface area contributed by atoms with Gasteiger partial charge in [-0.15, -0.1) is 0 Å². The molecule has 5 N–H and O–H groups in total. The van der Waals surface area contributed by atoms with E-state index in [0.29, 0.717) is 35.2 Å². The Labute approximate surface area is 499 Å². The minimum absolute atomic E-state index is 0.129. The third kappa shape index (κ3) is 15.2. The van der Waals surface area contributed by atoms with Crippen LogP contribution < -0.4 is 0 Å². The molecule has 0 unspecified atom stereocenters. The molecule has 6 aromatic rings. The van der Waals surface area contributed by atoms with Crippen molar-refractivity contribution in [2.75, 3.05) is 0 Å². The van der Waals surface area contributed by atoms with Gasteiger partial charge in [-0.05, 0) is 203 Å². The summed E-state index contributed by atoms with van der Waals surface area (Å²) < 4.78 is 0. The number of hydrogen-bond donors (Lipinski definition) is 5. The first-order valence-corrected chi connectivity index (χ1v) is 30.2. The van der Waals surface area contributed by atoms with E-state index in [4.69, 9.17) is 0 Å². The lowest BCUT2D eigenvalue weighted by molar-refractivity contribution is 0.422. The van der Waals surface area contributed by atoms with Crippen LogP contribution >= 0.6 is 0 Å². The highest BCUT2D eigenvalue weighted by atomic mass is 16.3. The van der Waals surface area contributed by atoms with Crippen molar-refractivity contribution in [2.45, 2.75) is 270 Å². The molecule has 0 atom stereocenters. The largest absolute Gasteiger partial charge is 0.507 e. The maximum Gasteiger partial charge on any atom is 0.123 e. The number of rotatable bonds is 8. The smallest absolute Gasteiger partial charge is 0.123 e. The number of aryl methyl sites for hydroxylation is 2. The van der Waals surface area contributed by atoms with E-state index in [2.05, 4.69) is 249 Å². The Morgan fingerprint density at radius 2 is 0.402 bits per heavy atom. The van der Waals surface area contributed by atoms with Crippen LogP contribution in [0.25, 0.3) is 0 Å². The van der Waals surface area contributed by atoms with E-state index in [1.54, 1.807) is 0 Å². The fourth-order valence-electron chi connectivity index (χ4n) is 11.9. The number of phenolic OH excluding ortho intramolecular Hbond substituents is 5. The molecule has 6 aromatic carbocycles. The van der Waals surface area contributed by atoms with Crippen LogP contribution in [0.4, 0.5) is 0 Å². The molecule has 0 aromatic heterocycles. The summed E-state index contributed by atoms with van der Waals surface area (Å²) in [6.07, 6.45) is 2.76. The van der Waals surface area contributed by atoms with Gasteiger partial charge in [-0.3, -0.25) is 0 Å². The highest BCUT2D eigenvalue weighted by molar-refractivity contribution is 5.60. The minimum atomic E-state index is -0.226. The van der Waals surface area contributed by atoms with Crippen molar-refractivity contribution in [3.63, 3.8) is 0 Å². The first-order chi connectivity index (χ1) is 36.8. The van der Waals surface area contributed by atoms with E-state index in [0.717, 1.165) is 86.0 Å². The van der Waals surface area contributed by atoms with Crippen molar-refractivity contribution >= 4 is 0 Å². The molecule has 0 bridgehead atoms. The van der Waals surface area contributed by atoms with Gasteiger partial charge in [0.05, 0.1) is 0 Å². The fourth-order valence-corrected chi connectivity index (χ4v) is 11.9. The van der Waals surface area contributed by atoms with Gasteiger partial charge >= 0.3 is 0 Å². The van der Waals surface area contributed by atoms with E-state index in [-0.39, 0.29) is 43.3 Å². The van der Waals surface area contributed by atoms with Crippen LogP contribution in [0.2, 0.25) is 0 Å². The first kappa shape index (κ1) is 67.1. The normalized spacial score (nSPS) is 13.1. The second kappa shape index (κ2) is 23.1. The predicted molar refractivity (Wildman–Crippen MR) is 351 cm³/mol. The number of benzene rings is 6. The average Bonchev–Trinajstić information content (AvgIpc) is 3.27. The quantitative estimate of drug-likeness (QED) is 0.105. The standard InChI is InChI=1S/C54H78O3.C23H32O2/c1-31-37(22-34-25-40(49(4,5)6)46(55)41(26-34)50(7,8)9)32(2)39(24-36-29-44(53(16,17)18)48(57)45(30-36)54(19,20)21)33(3)38(31)23-35-27-42(51(10,11)12)47(56)43(28-35)52(13,14)15;1-14-9-16(20(24)18(11-14)22(3,4)5)13-17-10-15(2)12-19(21(17)25)23(6,7)8/h25-30,55-57H,22-24H2,1-21H3;9-12,24-25H,13H2,1-8H3. The van der Waals surface area contributed by atoms with Crippen molar-refractivity contribution in [3.8, 4) is 28.7 Å². The topological polar surface area (TPSA) is 101 Å². The Morgan fingerprint density at radius 1 is 0.232 bits per heavy atom. The summed E-state index contributed by atoms with van der Waals surface area (Å²) in [6.45, 7) is 62.9. The van der Waals surface area contributed by atoms with Crippen molar-refractivity contribution in [2.24, 2.45) is 0 Å². The van der Waals surface area contributed by atoms with Crippen LogP contribution in [-0.4, -0.2) is 25.5 Å². The van der Waals surface area contributed by atoms with Crippen LogP contribution in [0.15, 0.2) is 60.7 Å². The number of aromatic hydroxyl groups is 5. The third-order valence-electron chi connectivity index (χ3n) is 16.9. The molecule has 0 saturated carbocycles. The zero-order chi connectivity index (χ0) is 62.9. The first-order valence-electron chi connectivity index (χ1n) is 30.2. The molecule has 0 saturated heterocycles. The summed E-state index contributed by atoms with van der Waals surface area (Å²) >= 11 is 0. The van der Waals surface area contributed by atoms with Gasteiger partial charge in [0.2, 0.25) is 0 Å². The minimum Gasteiger partial charge on any atom is -0.507 e. The van der Waals surface area contributed by atoms with Gasteiger partial charge in [0.25, 0.3) is 0 Å². The van der Waals surface area contributed by atoms with Crippen molar-refractivity contribution in [1.29, 1.82) is 0 Å². The molecule has 0 aliphatic rings. The molecule has 5 nitrogen and oxygen atoms in total. The molecular formula is C77H110O5. The molecule has 0 fully saturated rings. The lowest BCUT2D eigenvalue weighted by Gasteiger charge is -2.30. The van der Waals surface area contributed by atoms with E-state index in [1.165, 1.54) is 50.1 Å². The van der Waals surface area contributed by atoms with Crippen molar-refractivity contribution < 1.29 is 25.5 Å². The summed E-state index contributed by atoms with van der Waals surface area (Å²) in [6, 6.07) is 21.5. The molecule has 0 heterocycles. The van der Waals surface area contributed by atoms with Crippen LogP contribution in [0.1, 0.15) is 283 Å². The van der Waals surface area contributed by atoms with Gasteiger partial charge in [0.15, 0.2) is 0 Å². The second-order valence-electron chi connectivity index (χ2n) is 32.8. The fraction of sp³-hybridized carbons (Fsp3) is 0.532. The van der Waals surface area contributed by atoms with Crippen molar-refractivity contribution in [1.82, 2.24) is 0 Å². The van der Waals surface area contributed by atoms with Gasteiger partial charge in [0.1, 0.15) is 28.7 Å². The van der Waals surface area contributed by atoms with Crippen molar-refractivity contribution in [3.05, 3.63) is 177 Å². The molecular weight excluding hydrogens is 1000 g/mol. The SMILES string of the molecule is Cc1c(Cc2cc(C(C)(C)C)c(O)c(C(C)(C)C)c2)c(C)c(Cc2cc(C(C)(C)C)c(O)c(C(C)(C)C)c2)c(C)c1Cc1cc(C(C)(C)C)c(O)c(C(C)(C)C)c1.Cc1cc(Cc2cc(C)cc(C(C)(C)C)c2O)c(O)c(C(C)(C)C)c1. The van der Waals surface area contributed by atoms with Gasteiger partial charge in [0, 0.05) is 6.42 Å². The third-order valence-corrected chi connectivity index (χ3v) is 16.9. The number of phenols is 5. The maximum atomic E-state index is 11.6. The van der Waals surface area contributed by atoms with Crippen LogP contribution in [0.5, 0.6) is 28.7 Å². The molecule has 0 amide bonds. The van der Waals surface area contributed by atoms with Gasteiger partial charge in [-0.1, -0.05) is 238 Å². The predicted octanol–water partition coefficient (Wildman–Crippen LogP) is 20.2. The van der Waals surface area contributed by atoms with Crippen LogP contribution in [0, 0.1) is 34.6 Å². The number of hydrogen-bond acceptors (Lipinski definition) is 5. The van der Waals surface area contributed by atoms with Crippen LogP contribution in [0.3, 0.4) is 0 Å². The summed E-state index contributed by atoms with van der Waals surface area (Å²) in [7, 11) is 0. The molecule has 0 aliphatic carbocycles. The molecule has 6 rings (SSSR count). The van der Waals surface area contributed by atoms with E-state index < -0.39 is 0 Å². The Morgan fingerprint density at radius 3 is 0.573 bits per heavy atom. The maximum absolute atomic E-state index is 11.6. The van der Waals surface area contributed by atoms with Crippen LogP contribution in [-0.2, 0) is 69.0 Å². The monoisotopic (exact) mass is 1110 g/mol. The average molecular weight is 1120 g/mol. The highest BCUT2D eigenvalue weighted by Gasteiger charge is 2.32. The van der Waals surface area contributed by atoms with E-state index in [1.807, 2.05) is 12.1 Å².